The average Bonchev–Trinajstić information content (AvgIpc) is 2.80. The number of methoxy groups -OCH3 is 1. The molecule has 0 fully saturated rings. The molecule has 2 aromatic rings. The molecule has 0 unspecified atom stereocenters. The molecule has 4 heteroatoms. The van der Waals surface area contributed by atoms with Crippen molar-refractivity contribution in [3.05, 3.63) is 41.4 Å². The van der Waals surface area contributed by atoms with Crippen molar-refractivity contribution in [3.63, 3.8) is 0 Å². The van der Waals surface area contributed by atoms with Crippen LogP contribution in [0.3, 0.4) is 0 Å². The fraction of sp³-hybridized carbons (Fsp3) is 0.182. The Labute approximate surface area is 92.4 Å². The molecule has 0 bridgehead atoms. The quantitative estimate of drug-likeness (QED) is 0.795. The minimum atomic E-state index is 0.558. The number of hydrogen-bond acceptors (Lipinski definition) is 4. The van der Waals surface area contributed by atoms with Gasteiger partial charge in [-0.2, -0.15) is 4.37 Å². The van der Waals surface area contributed by atoms with E-state index in [2.05, 4.69) is 4.37 Å². The number of rotatable bonds is 4. The summed E-state index contributed by atoms with van der Waals surface area (Å²) in [4.78, 5) is 0. The molecular formula is C11H11NO2S. The van der Waals surface area contributed by atoms with Gasteiger partial charge in [0.2, 0.25) is 0 Å². The molecule has 0 saturated carbocycles. The van der Waals surface area contributed by atoms with E-state index in [0.717, 1.165) is 17.1 Å². The highest BCUT2D eigenvalue weighted by Gasteiger charge is 1.97. The minimum absolute atomic E-state index is 0.558. The van der Waals surface area contributed by atoms with Gasteiger partial charge in [-0.15, -0.1) is 0 Å². The fourth-order valence-electron chi connectivity index (χ4n) is 1.15. The smallest absolute Gasteiger partial charge is 0.150 e. The summed E-state index contributed by atoms with van der Waals surface area (Å²) in [6.07, 6.45) is 1.72. The number of nitrogens with zero attached hydrogens (tertiary/aromatic N) is 1. The fourth-order valence-corrected chi connectivity index (χ4v) is 1.61. The van der Waals surface area contributed by atoms with Crippen molar-refractivity contribution in [1.82, 2.24) is 4.37 Å². The van der Waals surface area contributed by atoms with E-state index >= 15 is 0 Å². The Kier molecular flexibility index (Phi) is 3.19. The zero-order chi connectivity index (χ0) is 10.5. The first-order valence-electron chi connectivity index (χ1n) is 4.53. The third-order valence-electron chi connectivity index (χ3n) is 1.97. The maximum atomic E-state index is 5.51. The highest BCUT2D eigenvalue weighted by atomic mass is 32.1. The lowest BCUT2D eigenvalue weighted by Crippen LogP contribution is -1.94. The Hall–Kier alpha value is -1.55. The lowest BCUT2D eigenvalue weighted by atomic mass is 10.2. The average molecular weight is 221 g/mol. The molecule has 1 heterocycles. The monoisotopic (exact) mass is 221 g/mol. The van der Waals surface area contributed by atoms with Crippen molar-refractivity contribution >= 4 is 11.5 Å². The van der Waals surface area contributed by atoms with Crippen LogP contribution in [0.25, 0.3) is 0 Å². The number of ether oxygens (including phenoxy) is 2. The van der Waals surface area contributed by atoms with Crippen molar-refractivity contribution in [1.29, 1.82) is 0 Å². The summed E-state index contributed by atoms with van der Waals surface area (Å²) >= 11 is 1.39. The summed E-state index contributed by atoms with van der Waals surface area (Å²) < 4.78 is 14.5. The number of aromatic nitrogens is 1. The van der Waals surface area contributed by atoms with Crippen LogP contribution in [0.5, 0.6) is 11.5 Å². The van der Waals surface area contributed by atoms with E-state index in [4.69, 9.17) is 9.47 Å². The first kappa shape index (κ1) is 9.98. The van der Waals surface area contributed by atoms with Gasteiger partial charge in [-0.05, 0) is 29.2 Å². The second-order valence-electron chi connectivity index (χ2n) is 3.00. The lowest BCUT2D eigenvalue weighted by molar-refractivity contribution is 0.306. The lowest BCUT2D eigenvalue weighted by Gasteiger charge is -2.04. The topological polar surface area (TPSA) is 31.4 Å². The third kappa shape index (κ3) is 2.70. The zero-order valence-electron chi connectivity index (χ0n) is 8.34. The Morgan fingerprint density at radius 2 is 2.00 bits per heavy atom. The second-order valence-corrected chi connectivity index (χ2v) is 3.65. The van der Waals surface area contributed by atoms with Gasteiger partial charge in [0, 0.05) is 0 Å². The van der Waals surface area contributed by atoms with Crippen LogP contribution >= 0.6 is 11.5 Å². The number of hydrogen-bond donors (Lipinski definition) is 0. The van der Waals surface area contributed by atoms with E-state index < -0.39 is 0 Å². The van der Waals surface area contributed by atoms with Crippen molar-refractivity contribution in [2.24, 2.45) is 0 Å². The van der Waals surface area contributed by atoms with Crippen LogP contribution in [0.2, 0.25) is 0 Å². The van der Waals surface area contributed by atoms with E-state index in [1.54, 1.807) is 13.3 Å². The Bertz CT molecular complexity index is 397. The Morgan fingerprint density at radius 1 is 1.20 bits per heavy atom. The van der Waals surface area contributed by atoms with Crippen LogP contribution in [-0.2, 0) is 6.61 Å². The molecular weight excluding hydrogens is 210 g/mol. The summed E-state index contributed by atoms with van der Waals surface area (Å²) in [7, 11) is 1.66. The van der Waals surface area contributed by atoms with Crippen LogP contribution in [0.4, 0.5) is 0 Å². The molecule has 15 heavy (non-hydrogen) atoms. The van der Waals surface area contributed by atoms with Gasteiger partial charge >= 0.3 is 0 Å². The zero-order valence-corrected chi connectivity index (χ0v) is 9.16. The van der Waals surface area contributed by atoms with Crippen LogP contribution < -0.4 is 9.47 Å². The Morgan fingerprint density at radius 3 is 2.60 bits per heavy atom. The maximum Gasteiger partial charge on any atom is 0.150 e. The minimum Gasteiger partial charge on any atom is -0.497 e. The summed E-state index contributed by atoms with van der Waals surface area (Å²) in [6, 6.07) is 7.81. The molecule has 0 saturated heterocycles. The molecule has 2 rings (SSSR count). The van der Waals surface area contributed by atoms with Crippen LogP contribution in [0, 0.1) is 0 Å². The molecule has 1 aromatic heterocycles. The normalized spacial score (nSPS) is 9.93. The van der Waals surface area contributed by atoms with Crippen LogP contribution in [0.1, 0.15) is 5.56 Å². The van der Waals surface area contributed by atoms with Gasteiger partial charge in [0.25, 0.3) is 0 Å². The van der Waals surface area contributed by atoms with Gasteiger partial charge < -0.3 is 9.47 Å². The summed E-state index contributed by atoms with van der Waals surface area (Å²) in [6.45, 7) is 0.558. The molecule has 0 aliphatic heterocycles. The van der Waals surface area contributed by atoms with Gasteiger partial charge in [0.05, 0.1) is 18.7 Å². The van der Waals surface area contributed by atoms with E-state index in [1.165, 1.54) is 11.5 Å². The molecule has 1 aromatic carbocycles. The standard InChI is InChI=1S/C11H11NO2S/c1-13-10-4-2-9(3-5-10)7-14-11-6-12-15-8-11/h2-6,8H,7H2,1H3. The molecule has 78 valence electrons. The van der Waals surface area contributed by atoms with Gasteiger partial charge in [0.1, 0.15) is 12.4 Å². The molecule has 0 amide bonds. The predicted octanol–water partition coefficient (Wildman–Crippen LogP) is 2.73. The summed E-state index contributed by atoms with van der Waals surface area (Å²) in [5.74, 6) is 1.67. The van der Waals surface area contributed by atoms with Gasteiger partial charge in [-0.1, -0.05) is 12.1 Å². The Balaban J connectivity index is 1.93. The van der Waals surface area contributed by atoms with E-state index in [9.17, 15) is 0 Å². The first-order valence-corrected chi connectivity index (χ1v) is 5.37. The maximum absolute atomic E-state index is 5.51. The van der Waals surface area contributed by atoms with E-state index in [0.29, 0.717) is 6.61 Å². The second kappa shape index (κ2) is 4.79. The predicted molar refractivity (Wildman–Crippen MR) is 59.4 cm³/mol. The SMILES string of the molecule is COc1ccc(COc2cnsc2)cc1. The van der Waals surface area contributed by atoms with Crippen LogP contribution in [-0.4, -0.2) is 11.5 Å². The summed E-state index contributed by atoms with van der Waals surface area (Å²) in [5.41, 5.74) is 1.11. The molecule has 0 radical (unpaired) electrons. The molecule has 0 N–H and O–H groups in total. The van der Waals surface area contributed by atoms with Crippen molar-refractivity contribution in [3.8, 4) is 11.5 Å². The molecule has 0 aliphatic rings. The highest BCUT2D eigenvalue weighted by Crippen LogP contribution is 2.15. The third-order valence-corrected chi connectivity index (χ3v) is 2.54. The first-order chi connectivity index (χ1) is 7.38. The van der Waals surface area contributed by atoms with Gasteiger partial charge in [-0.3, -0.25) is 0 Å². The van der Waals surface area contributed by atoms with E-state index in [-0.39, 0.29) is 0 Å². The van der Waals surface area contributed by atoms with Gasteiger partial charge in [0.15, 0.2) is 5.75 Å². The van der Waals surface area contributed by atoms with Crippen molar-refractivity contribution < 1.29 is 9.47 Å². The molecule has 3 nitrogen and oxygen atoms in total. The molecule has 0 atom stereocenters. The number of benzene rings is 1. The molecule has 0 spiro atoms. The van der Waals surface area contributed by atoms with Crippen molar-refractivity contribution in [2.75, 3.05) is 7.11 Å². The highest BCUT2D eigenvalue weighted by molar-refractivity contribution is 7.03. The van der Waals surface area contributed by atoms with Crippen molar-refractivity contribution in [2.45, 2.75) is 6.61 Å². The van der Waals surface area contributed by atoms with Crippen LogP contribution in [0.15, 0.2) is 35.8 Å². The molecule has 0 aliphatic carbocycles. The largest absolute Gasteiger partial charge is 0.497 e. The van der Waals surface area contributed by atoms with E-state index in [1.807, 2.05) is 29.6 Å². The summed E-state index contributed by atoms with van der Waals surface area (Å²) in [5, 5.41) is 1.88. The van der Waals surface area contributed by atoms with Gasteiger partial charge in [-0.25, -0.2) is 0 Å².